The predicted molar refractivity (Wildman–Crippen MR) is 133 cm³/mol. The van der Waals surface area contributed by atoms with Gasteiger partial charge in [-0.15, -0.1) is 0 Å². The second-order valence-corrected chi connectivity index (χ2v) is 9.59. The highest BCUT2D eigenvalue weighted by Gasteiger charge is 2.35. The van der Waals surface area contributed by atoms with Gasteiger partial charge in [-0.05, 0) is 69.0 Å². The van der Waals surface area contributed by atoms with Gasteiger partial charge < -0.3 is 14.4 Å². The molecule has 1 fully saturated rings. The number of carbonyl (C=O) groups excluding carboxylic acids is 3. The molecule has 2 aliphatic rings. The van der Waals surface area contributed by atoms with Crippen LogP contribution in [0.5, 0.6) is 5.75 Å². The number of benzene rings is 2. The molecule has 0 radical (unpaired) electrons. The van der Waals surface area contributed by atoms with Crippen LogP contribution in [-0.2, 0) is 27.3 Å². The molecule has 2 aliphatic heterocycles. The highest BCUT2D eigenvalue weighted by Crippen LogP contribution is 2.33. The van der Waals surface area contributed by atoms with Gasteiger partial charge in [0.2, 0.25) is 0 Å². The summed E-state index contributed by atoms with van der Waals surface area (Å²) >= 11 is 0. The third kappa shape index (κ3) is 5.31. The first-order chi connectivity index (χ1) is 16.7. The number of hydrazine groups is 1. The number of rotatable bonds is 5. The van der Waals surface area contributed by atoms with E-state index < -0.39 is 23.5 Å². The predicted octanol–water partition coefficient (Wildman–Crippen LogP) is 4.23. The van der Waals surface area contributed by atoms with Gasteiger partial charge in [0.15, 0.2) is 0 Å². The van der Waals surface area contributed by atoms with Gasteiger partial charge in [-0.1, -0.05) is 31.2 Å². The van der Waals surface area contributed by atoms with Crippen LogP contribution in [0.25, 0.3) is 6.08 Å². The zero-order valence-electron chi connectivity index (χ0n) is 20.6. The van der Waals surface area contributed by atoms with Crippen molar-refractivity contribution in [2.45, 2.75) is 52.7 Å². The smallest absolute Gasteiger partial charge is 0.410 e. The first kappa shape index (κ1) is 24.3. The van der Waals surface area contributed by atoms with E-state index in [9.17, 15) is 14.4 Å². The lowest BCUT2D eigenvalue weighted by atomic mass is 9.92. The Morgan fingerprint density at radius 2 is 1.83 bits per heavy atom. The van der Waals surface area contributed by atoms with Gasteiger partial charge in [0, 0.05) is 18.7 Å². The van der Waals surface area contributed by atoms with Gasteiger partial charge in [0.25, 0.3) is 11.8 Å². The van der Waals surface area contributed by atoms with E-state index in [4.69, 9.17) is 9.47 Å². The molecule has 4 rings (SSSR count). The van der Waals surface area contributed by atoms with Gasteiger partial charge in [0.1, 0.15) is 16.9 Å². The first-order valence-electron chi connectivity index (χ1n) is 11.9. The summed E-state index contributed by atoms with van der Waals surface area (Å²) in [6, 6.07) is 12.6. The van der Waals surface area contributed by atoms with Crippen molar-refractivity contribution in [1.82, 2.24) is 10.3 Å². The number of fused-ring (bicyclic) bond motifs is 1. The summed E-state index contributed by atoms with van der Waals surface area (Å²) in [7, 11) is 0. The zero-order chi connectivity index (χ0) is 25.2. The highest BCUT2D eigenvalue weighted by molar-refractivity contribution is 6.31. The van der Waals surface area contributed by atoms with Crippen molar-refractivity contribution < 1.29 is 23.9 Å². The molecule has 8 nitrogen and oxygen atoms in total. The molecule has 1 saturated heterocycles. The van der Waals surface area contributed by atoms with Crippen LogP contribution in [0.3, 0.4) is 0 Å². The summed E-state index contributed by atoms with van der Waals surface area (Å²) in [6.45, 7) is 8.90. The van der Waals surface area contributed by atoms with Gasteiger partial charge in [0.05, 0.1) is 12.3 Å². The Bertz CT molecular complexity index is 1170. The van der Waals surface area contributed by atoms with Crippen molar-refractivity contribution in [3.8, 4) is 5.75 Å². The van der Waals surface area contributed by atoms with Crippen molar-refractivity contribution >= 4 is 29.7 Å². The molecule has 2 aromatic carbocycles. The van der Waals surface area contributed by atoms with Crippen LogP contribution in [0.2, 0.25) is 0 Å². The number of hydrogen-bond acceptors (Lipinski definition) is 5. The van der Waals surface area contributed by atoms with Crippen LogP contribution < -0.4 is 15.2 Å². The lowest BCUT2D eigenvalue weighted by Gasteiger charge is -2.32. The van der Waals surface area contributed by atoms with Crippen LogP contribution >= 0.6 is 0 Å². The number of carbonyl (C=O) groups is 3. The Hall–Kier alpha value is -3.81. The molecule has 0 aliphatic carbocycles. The molecule has 3 amide bonds. The third-order valence-corrected chi connectivity index (χ3v) is 5.72. The summed E-state index contributed by atoms with van der Waals surface area (Å²) in [5.41, 5.74) is 5.17. The Morgan fingerprint density at radius 3 is 2.51 bits per heavy atom. The maximum Gasteiger partial charge on any atom is 0.410 e. The molecule has 0 aromatic heterocycles. The monoisotopic (exact) mass is 477 g/mol. The van der Waals surface area contributed by atoms with Crippen molar-refractivity contribution in [2.24, 2.45) is 0 Å². The average Bonchev–Trinajstić information content (AvgIpc) is 3.11. The molecule has 8 heteroatoms. The largest absolute Gasteiger partial charge is 0.493 e. The fourth-order valence-electron chi connectivity index (χ4n) is 4.10. The number of nitrogens with one attached hydrogen (secondary N) is 1. The molecule has 0 spiro atoms. The molecule has 1 N–H and O–H groups in total. The lowest BCUT2D eigenvalue weighted by molar-refractivity contribution is -0.117. The quantitative estimate of drug-likeness (QED) is 0.514. The van der Waals surface area contributed by atoms with E-state index in [2.05, 4.69) is 5.43 Å². The highest BCUT2D eigenvalue weighted by atomic mass is 16.6. The van der Waals surface area contributed by atoms with E-state index in [0.29, 0.717) is 37.4 Å². The van der Waals surface area contributed by atoms with Crippen LogP contribution in [-0.4, -0.2) is 41.6 Å². The summed E-state index contributed by atoms with van der Waals surface area (Å²) in [5.74, 6) is -0.138. The van der Waals surface area contributed by atoms with Gasteiger partial charge >= 0.3 is 6.09 Å². The topological polar surface area (TPSA) is 88.2 Å². The Morgan fingerprint density at radius 1 is 1.09 bits per heavy atom. The molecular formula is C27H31N3O5. The normalized spacial score (nSPS) is 16.9. The van der Waals surface area contributed by atoms with Gasteiger partial charge in [-0.25, -0.2) is 9.80 Å². The molecule has 0 unspecified atom stereocenters. The summed E-state index contributed by atoms with van der Waals surface area (Å²) in [4.78, 5) is 40.2. The molecule has 0 bridgehead atoms. The molecule has 0 saturated carbocycles. The number of nitrogens with zero attached hydrogens (tertiary/aromatic N) is 2. The summed E-state index contributed by atoms with van der Waals surface area (Å²) in [5, 5.41) is 1.24. The zero-order valence-corrected chi connectivity index (χ0v) is 20.6. The second kappa shape index (κ2) is 9.82. The van der Waals surface area contributed by atoms with Crippen molar-refractivity contribution in [1.29, 1.82) is 0 Å². The standard InChI is InChI=1S/C27H31N3O5/c1-5-15-34-23-12-11-18(22-17-29(14-13-20(22)23)26(33)35-27(2,3)4)16-21-24(31)28-30(25(21)32)19-9-7-6-8-10-19/h6-12,16H,5,13-15,17H2,1-4H3,(H,28,31)/b21-16-. The number of amides is 3. The maximum atomic E-state index is 13.1. The van der Waals surface area contributed by atoms with E-state index in [1.807, 2.05) is 45.9 Å². The Balaban J connectivity index is 1.69. The Kier molecular flexibility index (Phi) is 6.82. The summed E-state index contributed by atoms with van der Waals surface area (Å²) < 4.78 is 11.5. The number of anilines is 1. The molecule has 2 heterocycles. The van der Waals surface area contributed by atoms with Crippen molar-refractivity contribution in [2.75, 3.05) is 18.2 Å². The van der Waals surface area contributed by atoms with E-state index >= 15 is 0 Å². The van der Waals surface area contributed by atoms with Crippen LogP contribution in [0, 0.1) is 0 Å². The fraction of sp³-hybridized carbons (Fsp3) is 0.370. The molecule has 2 aromatic rings. The van der Waals surface area contributed by atoms with Crippen LogP contribution in [0.1, 0.15) is 50.8 Å². The lowest BCUT2D eigenvalue weighted by Crippen LogP contribution is -2.40. The van der Waals surface area contributed by atoms with Crippen LogP contribution in [0.4, 0.5) is 10.5 Å². The third-order valence-electron chi connectivity index (χ3n) is 5.72. The second-order valence-electron chi connectivity index (χ2n) is 9.59. The van der Waals surface area contributed by atoms with Crippen LogP contribution in [0.15, 0.2) is 48.0 Å². The van der Waals surface area contributed by atoms with E-state index in [1.54, 1.807) is 35.2 Å². The summed E-state index contributed by atoms with van der Waals surface area (Å²) in [6.07, 6.45) is 2.66. The molecule has 0 atom stereocenters. The maximum absolute atomic E-state index is 13.1. The Labute approximate surface area is 205 Å². The molecule has 184 valence electrons. The number of ether oxygens (including phenoxy) is 2. The van der Waals surface area contributed by atoms with Gasteiger partial charge in [-0.2, -0.15) is 0 Å². The SMILES string of the molecule is CCCOc1ccc(/C=C2/C(=O)NN(c3ccccc3)C2=O)c2c1CCN(C(=O)OC(C)(C)C)C2. The molecular weight excluding hydrogens is 446 g/mol. The minimum atomic E-state index is -0.608. The van der Waals surface area contributed by atoms with Gasteiger partial charge in [-0.3, -0.25) is 15.0 Å². The van der Waals surface area contributed by atoms with E-state index in [0.717, 1.165) is 23.3 Å². The average molecular weight is 478 g/mol. The van der Waals surface area contributed by atoms with E-state index in [1.165, 1.54) is 5.01 Å². The molecule has 35 heavy (non-hydrogen) atoms. The van der Waals surface area contributed by atoms with E-state index in [-0.39, 0.29) is 5.57 Å². The minimum Gasteiger partial charge on any atom is -0.493 e. The minimum absolute atomic E-state index is 0.0349. The fourth-order valence-corrected chi connectivity index (χ4v) is 4.10. The first-order valence-corrected chi connectivity index (χ1v) is 11.9. The number of hydrogen-bond donors (Lipinski definition) is 1. The van der Waals surface area contributed by atoms with Crippen molar-refractivity contribution in [3.63, 3.8) is 0 Å². The van der Waals surface area contributed by atoms with Crippen molar-refractivity contribution in [3.05, 3.63) is 64.7 Å². The number of para-hydroxylation sites is 1.